The summed E-state index contributed by atoms with van der Waals surface area (Å²) >= 11 is 0. The van der Waals surface area contributed by atoms with Crippen LogP contribution in [0.5, 0.6) is 11.5 Å². The predicted molar refractivity (Wildman–Crippen MR) is 60.2 cm³/mol. The quantitative estimate of drug-likeness (QED) is 0.799. The van der Waals surface area contributed by atoms with Crippen LogP contribution in [0.3, 0.4) is 0 Å². The highest BCUT2D eigenvalue weighted by Crippen LogP contribution is 2.33. The van der Waals surface area contributed by atoms with Gasteiger partial charge in [0.25, 0.3) is 0 Å². The molecule has 94 valence electrons. The lowest BCUT2D eigenvalue weighted by atomic mass is 10.1. The smallest absolute Gasteiger partial charge is 0.187 e. The fourth-order valence-electron chi connectivity index (χ4n) is 1.76. The highest BCUT2D eigenvalue weighted by molar-refractivity contribution is 5.44. The number of hydrogen-bond donors (Lipinski definition) is 1. The maximum atomic E-state index is 10.0. The van der Waals surface area contributed by atoms with Crippen LogP contribution in [0.25, 0.3) is 0 Å². The second-order valence-corrected chi connectivity index (χ2v) is 3.69. The summed E-state index contributed by atoms with van der Waals surface area (Å²) in [7, 11) is 2.96. The van der Waals surface area contributed by atoms with Crippen molar-refractivity contribution in [2.45, 2.75) is 12.4 Å². The Morgan fingerprint density at radius 2 is 1.76 bits per heavy atom. The molecule has 0 bridgehead atoms. The molecule has 5 heteroatoms. The first-order valence-corrected chi connectivity index (χ1v) is 5.39. The molecule has 0 aliphatic carbocycles. The zero-order chi connectivity index (χ0) is 12.3. The summed E-state index contributed by atoms with van der Waals surface area (Å²) in [6.45, 7) is 1.07. The van der Waals surface area contributed by atoms with Gasteiger partial charge in [-0.3, -0.25) is 0 Å². The molecule has 1 aliphatic rings. The molecular weight excluding hydrogens is 224 g/mol. The predicted octanol–water partition coefficient (Wildman–Crippen LogP) is 1.11. The lowest BCUT2D eigenvalue weighted by Crippen LogP contribution is -2.23. The van der Waals surface area contributed by atoms with Crippen LogP contribution in [-0.4, -0.2) is 38.8 Å². The van der Waals surface area contributed by atoms with Gasteiger partial charge in [0.05, 0.1) is 0 Å². The summed E-state index contributed by atoms with van der Waals surface area (Å²) < 4.78 is 20.9. The first-order valence-electron chi connectivity index (χ1n) is 5.39. The van der Waals surface area contributed by atoms with E-state index in [9.17, 15) is 5.11 Å². The standard InChI is InChI=1S/C12H16O5/c1-14-12(15-2)11(13)8-3-4-9-10(7-8)17-6-5-16-9/h3-4,7,11-13H,5-6H2,1-2H3. The molecule has 1 aromatic rings. The van der Waals surface area contributed by atoms with E-state index in [-0.39, 0.29) is 0 Å². The fraction of sp³-hybridized carbons (Fsp3) is 0.500. The SMILES string of the molecule is COC(OC)C(O)c1ccc2c(c1)OCCO2. The van der Waals surface area contributed by atoms with Crippen LogP contribution < -0.4 is 9.47 Å². The molecule has 0 amide bonds. The minimum absolute atomic E-state index is 0.518. The van der Waals surface area contributed by atoms with Crippen molar-refractivity contribution in [2.24, 2.45) is 0 Å². The molecule has 0 radical (unpaired) electrons. The van der Waals surface area contributed by atoms with Gasteiger partial charge in [-0.2, -0.15) is 0 Å². The maximum absolute atomic E-state index is 10.0. The Kier molecular flexibility index (Phi) is 3.83. The molecular formula is C12H16O5. The highest BCUT2D eigenvalue weighted by Gasteiger charge is 2.22. The Bertz CT molecular complexity index is 375. The van der Waals surface area contributed by atoms with Crippen LogP contribution in [0.2, 0.25) is 0 Å². The average Bonchev–Trinajstić information content (AvgIpc) is 2.39. The van der Waals surface area contributed by atoms with Gasteiger partial charge in [0.15, 0.2) is 17.8 Å². The molecule has 1 heterocycles. The van der Waals surface area contributed by atoms with E-state index in [1.807, 2.05) is 0 Å². The van der Waals surface area contributed by atoms with E-state index in [1.54, 1.807) is 18.2 Å². The van der Waals surface area contributed by atoms with Gasteiger partial charge < -0.3 is 24.1 Å². The van der Waals surface area contributed by atoms with Gasteiger partial charge in [-0.1, -0.05) is 6.07 Å². The number of ether oxygens (including phenoxy) is 4. The Hall–Kier alpha value is -1.30. The molecule has 0 aromatic heterocycles. The zero-order valence-electron chi connectivity index (χ0n) is 9.88. The van der Waals surface area contributed by atoms with E-state index >= 15 is 0 Å². The van der Waals surface area contributed by atoms with Crippen molar-refractivity contribution >= 4 is 0 Å². The van der Waals surface area contributed by atoms with E-state index in [2.05, 4.69) is 0 Å². The number of benzene rings is 1. The molecule has 1 N–H and O–H groups in total. The maximum Gasteiger partial charge on any atom is 0.187 e. The number of hydrogen-bond acceptors (Lipinski definition) is 5. The third-order valence-corrected chi connectivity index (χ3v) is 2.63. The summed E-state index contributed by atoms with van der Waals surface area (Å²) in [5, 5.41) is 10.0. The minimum atomic E-state index is -0.860. The number of methoxy groups -OCH3 is 2. The number of fused-ring (bicyclic) bond motifs is 1. The van der Waals surface area contributed by atoms with Crippen LogP contribution in [0, 0.1) is 0 Å². The fourth-order valence-corrected chi connectivity index (χ4v) is 1.76. The molecule has 1 atom stereocenters. The van der Waals surface area contributed by atoms with Gasteiger partial charge in [0.2, 0.25) is 0 Å². The molecule has 0 spiro atoms. The third kappa shape index (κ3) is 2.52. The Morgan fingerprint density at radius 3 is 2.41 bits per heavy atom. The van der Waals surface area contributed by atoms with Crippen LogP contribution in [0.1, 0.15) is 11.7 Å². The van der Waals surface area contributed by atoms with E-state index < -0.39 is 12.4 Å². The number of aliphatic hydroxyl groups is 1. The molecule has 1 aromatic carbocycles. The number of aliphatic hydroxyl groups excluding tert-OH is 1. The number of rotatable bonds is 4. The molecule has 0 saturated carbocycles. The van der Waals surface area contributed by atoms with Gasteiger partial charge in [-0.25, -0.2) is 0 Å². The molecule has 17 heavy (non-hydrogen) atoms. The van der Waals surface area contributed by atoms with Crippen molar-refractivity contribution < 1.29 is 24.1 Å². The van der Waals surface area contributed by atoms with Gasteiger partial charge >= 0.3 is 0 Å². The normalized spacial score (nSPS) is 16.0. The Morgan fingerprint density at radius 1 is 1.12 bits per heavy atom. The second-order valence-electron chi connectivity index (χ2n) is 3.69. The summed E-state index contributed by atoms with van der Waals surface area (Å²) in [4.78, 5) is 0. The lowest BCUT2D eigenvalue weighted by molar-refractivity contribution is -0.166. The van der Waals surface area contributed by atoms with E-state index in [0.29, 0.717) is 30.3 Å². The van der Waals surface area contributed by atoms with Crippen LogP contribution in [-0.2, 0) is 9.47 Å². The van der Waals surface area contributed by atoms with E-state index in [4.69, 9.17) is 18.9 Å². The van der Waals surface area contributed by atoms with Crippen molar-refractivity contribution in [3.8, 4) is 11.5 Å². The van der Waals surface area contributed by atoms with Gasteiger partial charge in [-0.05, 0) is 17.7 Å². The van der Waals surface area contributed by atoms with Crippen molar-refractivity contribution in [3.05, 3.63) is 23.8 Å². The summed E-state index contributed by atoms with van der Waals surface area (Å²) in [6, 6.07) is 5.28. The molecule has 2 rings (SSSR count). The monoisotopic (exact) mass is 240 g/mol. The highest BCUT2D eigenvalue weighted by atomic mass is 16.7. The molecule has 5 nitrogen and oxygen atoms in total. The van der Waals surface area contributed by atoms with Gasteiger partial charge in [0, 0.05) is 14.2 Å². The largest absolute Gasteiger partial charge is 0.486 e. The molecule has 1 unspecified atom stereocenters. The van der Waals surface area contributed by atoms with Gasteiger partial charge in [0.1, 0.15) is 19.3 Å². The Labute approximate surface area is 99.9 Å². The van der Waals surface area contributed by atoms with E-state index in [0.717, 1.165) is 0 Å². The minimum Gasteiger partial charge on any atom is -0.486 e. The Balaban J connectivity index is 2.21. The summed E-state index contributed by atoms with van der Waals surface area (Å²) in [5.41, 5.74) is 0.669. The third-order valence-electron chi connectivity index (χ3n) is 2.63. The summed E-state index contributed by atoms with van der Waals surface area (Å²) in [6.07, 6.45) is -1.56. The average molecular weight is 240 g/mol. The van der Waals surface area contributed by atoms with Crippen molar-refractivity contribution in [1.29, 1.82) is 0 Å². The lowest BCUT2D eigenvalue weighted by Gasteiger charge is -2.23. The van der Waals surface area contributed by atoms with Crippen LogP contribution in [0.15, 0.2) is 18.2 Å². The summed E-state index contributed by atoms with van der Waals surface area (Å²) in [5.74, 6) is 1.33. The van der Waals surface area contributed by atoms with Gasteiger partial charge in [-0.15, -0.1) is 0 Å². The van der Waals surface area contributed by atoms with E-state index in [1.165, 1.54) is 14.2 Å². The first kappa shape index (κ1) is 12.2. The van der Waals surface area contributed by atoms with Crippen molar-refractivity contribution in [1.82, 2.24) is 0 Å². The van der Waals surface area contributed by atoms with Crippen LogP contribution >= 0.6 is 0 Å². The van der Waals surface area contributed by atoms with Crippen molar-refractivity contribution in [2.75, 3.05) is 27.4 Å². The van der Waals surface area contributed by atoms with Crippen LogP contribution in [0.4, 0.5) is 0 Å². The first-order chi connectivity index (χ1) is 8.26. The second kappa shape index (κ2) is 5.35. The van der Waals surface area contributed by atoms with Crippen molar-refractivity contribution in [3.63, 3.8) is 0 Å². The molecule has 0 saturated heterocycles. The zero-order valence-corrected chi connectivity index (χ0v) is 9.88. The topological polar surface area (TPSA) is 57.2 Å². The molecule has 0 fully saturated rings. The molecule has 1 aliphatic heterocycles.